The van der Waals surface area contributed by atoms with Crippen molar-refractivity contribution in [3.8, 4) is 0 Å². The molecule has 0 unspecified atom stereocenters. The molecule has 0 saturated heterocycles. The van der Waals surface area contributed by atoms with Crippen molar-refractivity contribution in [2.75, 3.05) is 0 Å². The molecule has 1 heterocycles. The summed E-state index contributed by atoms with van der Waals surface area (Å²) in [5, 5.41) is 0.190. The lowest BCUT2D eigenvalue weighted by Crippen LogP contribution is -2.23. The smallest absolute Gasteiger partial charge is 0.261 e. The van der Waals surface area contributed by atoms with Crippen molar-refractivity contribution >= 4 is 28.8 Å². The first-order valence-electron chi connectivity index (χ1n) is 2.98. The minimum absolute atomic E-state index is 0.0712. The third-order valence-electron chi connectivity index (χ3n) is 1.06. The fourth-order valence-corrected chi connectivity index (χ4v) is 1.35. The van der Waals surface area contributed by atoms with E-state index in [4.69, 9.17) is 11.5 Å². The summed E-state index contributed by atoms with van der Waals surface area (Å²) in [4.78, 5) is 18.1. The second-order valence-corrected chi connectivity index (χ2v) is 3.34. The molecule has 11 heavy (non-hydrogen) atoms. The van der Waals surface area contributed by atoms with E-state index in [2.05, 4.69) is 9.98 Å². The minimum atomic E-state index is -0.185. The first kappa shape index (κ1) is 8.06. The van der Waals surface area contributed by atoms with Crippen LogP contribution in [0.2, 0.25) is 0 Å². The van der Waals surface area contributed by atoms with Gasteiger partial charge in [-0.25, -0.2) is 0 Å². The van der Waals surface area contributed by atoms with Crippen LogP contribution in [0, 0.1) is 0 Å². The molecule has 0 bridgehead atoms. The Morgan fingerprint density at radius 3 is 2.73 bits per heavy atom. The van der Waals surface area contributed by atoms with Crippen LogP contribution in [0.4, 0.5) is 0 Å². The topological polar surface area (TPSA) is 93.8 Å². The van der Waals surface area contributed by atoms with Crippen molar-refractivity contribution in [2.24, 2.45) is 21.5 Å². The van der Waals surface area contributed by atoms with E-state index in [0.717, 1.165) is 0 Å². The van der Waals surface area contributed by atoms with Crippen molar-refractivity contribution in [2.45, 2.75) is 12.2 Å². The molecule has 0 saturated carbocycles. The van der Waals surface area contributed by atoms with Gasteiger partial charge in [-0.15, -0.1) is 0 Å². The van der Waals surface area contributed by atoms with Gasteiger partial charge in [0.05, 0.1) is 5.25 Å². The fourth-order valence-electron chi connectivity index (χ4n) is 0.582. The normalized spacial score (nSPS) is 23.2. The van der Waals surface area contributed by atoms with Crippen molar-refractivity contribution in [1.82, 2.24) is 0 Å². The van der Waals surface area contributed by atoms with Gasteiger partial charge in [-0.3, -0.25) is 4.79 Å². The summed E-state index contributed by atoms with van der Waals surface area (Å²) in [6.07, 6.45) is 0. The Morgan fingerprint density at radius 2 is 2.36 bits per heavy atom. The highest BCUT2D eigenvalue weighted by Gasteiger charge is 2.23. The lowest BCUT2D eigenvalue weighted by Gasteiger charge is -1.92. The molecule has 1 aliphatic heterocycles. The van der Waals surface area contributed by atoms with Crippen LogP contribution in [0.25, 0.3) is 0 Å². The molecule has 0 radical (unpaired) electrons. The van der Waals surface area contributed by atoms with E-state index >= 15 is 0 Å². The van der Waals surface area contributed by atoms with E-state index in [1.54, 1.807) is 6.92 Å². The largest absolute Gasteiger partial charge is 0.370 e. The second-order valence-electron chi connectivity index (χ2n) is 2.03. The van der Waals surface area contributed by atoms with Gasteiger partial charge < -0.3 is 11.5 Å². The van der Waals surface area contributed by atoms with Crippen molar-refractivity contribution in [3.05, 3.63) is 0 Å². The third-order valence-corrected chi connectivity index (χ3v) is 2.01. The number of rotatable bonds is 0. The van der Waals surface area contributed by atoms with Gasteiger partial charge in [0, 0.05) is 0 Å². The highest BCUT2D eigenvalue weighted by Crippen LogP contribution is 2.21. The highest BCUT2D eigenvalue weighted by atomic mass is 32.2. The molecule has 1 atom stereocenters. The Balaban J connectivity index is 2.72. The van der Waals surface area contributed by atoms with E-state index in [0.29, 0.717) is 5.17 Å². The molecule has 6 heteroatoms. The summed E-state index contributed by atoms with van der Waals surface area (Å²) in [5.74, 6) is -0.256. The molecule has 0 spiro atoms. The Kier molecular flexibility index (Phi) is 2.13. The Hall–Kier alpha value is -1.04. The summed E-state index contributed by atoms with van der Waals surface area (Å²) < 4.78 is 0. The monoisotopic (exact) mass is 172 g/mol. The van der Waals surface area contributed by atoms with Gasteiger partial charge in [-0.1, -0.05) is 11.8 Å². The zero-order valence-electron chi connectivity index (χ0n) is 5.94. The van der Waals surface area contributed by atoms with Crippen LogP contribution in [-0.2, 0) is 4.79 Å². The van der Waals surface area contributed by atoms with Gasteiger partial charge >= 0.3 is 0 Å². The van der Waals surface area contributed by atoms with Gasteiger partial charge in [0.2, 0.25) is 0 Å². The molecule has 0 aromatic carbocycles. The van der Waals surface area contributed by atoms with Crippen LogP contribution in [0.5, 0.6) is 0 Å². The maximum absolute atomic E-state index is 10.8. The highest BCUT2D eigenvalue weighted by molar-refractivity contribution is 8.15. The molecule has 0 aliphatic carbocycles. The predicted molar refractivity (Wildman–Crippen MR) is 45.3 cm³/mol. The van der Waals surface area contributed by atoms with Gasteiger partial charge in [0.1, 0.15) is 0 Å². The minimum Gasteiger partial charge on any atom is -0.370 e. The molecule has 0 fully saturated rings. The summed E-state index contributed by atoms with van der Waals surface area (Å²) in [6, 6.07) is 0. The Bertz CT molecular complexity index is 243. The number of amidine groups is 1. The molecule has 1 aliphatic rings. The first-order valence-corrected chi connectivity index (χ1v) is 3.86. The van der Waals surface area contributed by atoms with Crippen LogP contribution in [0.1, 0.15) is 6.92 Å². The standard InChI is InChI=1S/C5H8N4OS/c1-2-3(10)8-5(11-2)9-4(6)7/h2H,1H3,(H4,6,7,8,9,10)/t2-/m0/s1. The Morgan fingerprint density at radius 1 is 1.73 bits per heavy atom. The van der Waals surface area contributed by atoms with Crippen LogP contribution in [-0.4, -0.2) is 22.3 Å². The molecule has 1 amide bonds. The van der Waals surface area contributed by atoms with Gasteiger partial charge in [0.15, 0.2) is 11.1 Å². The average Bonchev–Trinajstić information content (AvgIpc) is 2.10. The van der Waals surface area contributed by atoms with Crippen LogP contribution in [0.15, 0.2) is 9.98 Å². The van der Waals surface area contributed by atoms with E-state index in [1.165, 1.54) is 11.8 Å². The maximum Gasteiger partial charge on any atom is 0.261 e. The first-order chi connectivity index (χ1) is 5.09. The van der Waals surface area contributed by atoms with Crippen LogP contribution >= 0.6 is 11.8 Å². The van der Waals surface area contributed by atoms with E-state index in [-0.39, 0.29) is 17.1 Å². The quantitative estimate of drug-likeness (QED) is 0.372. The van der Waals surface area contributed by atoms with Crippen LogP contribution in [0.3, 0.4) is 0 Å². The second kappa shape index (κ2) is 2.91. The molecule has 0 aromatic heterocycles. The Labute approximate surface area is 67.9 Å². The van der Waals surface area contributed by atoms with E-state index in [1.807, 2.05) is 0 Å². The number of hydrogen-bond acceptors (Lipinski definition) is 3. The molecular weight excluding hydrogens is 164 g/mol. The summed E-state index contributed by atoms with van der Waals surface area (Å²) in [5.41, 5.74) is 10.2. The zero-order chi connectivity index (χ0) is 8.43. The van der Waals surface area contributed by atoms with Crippen molar-refractivity contribution in [3.63, 3.8) is 0 Å². The SMILES string of the molecule is C[C@@H]1SC(N=C(N)N)=NC1=O. The molecule has 0 aromatic rings. The summed E-state index contributed by atoms with van der Waals surface area (Å²) in [7, 11) is 0. The number of amides is 1. The maximum atomic E-state index is 10.8. The summed E-state index contributed by atoms with van der Waals surface area (Å²) in [6.45, 7) is 1.76. The number of nitrogens with zero attached hydrogens (tertiary/aromatic N) is 2. The van der Waals surface area contributed by atoms with Gasteiger partial charge in [0.25, 0.3) is 5.91 Å². The number of nitrogens with two attached hydrogens (primary N) is 2. The number of carbonyl (C=O) groups is 1. The van der Waals surface area contributed by atoms with Crippen molar-refractivity contribution in [1.29, 1.82) is 0 Å². The number of thioether (sulfide) groups is 1. The predicted octanol–water partition coefficient (Wildman–Crippen LogP) is -0.722. The van der Waals surface area contributed by atoms with E-state index < -0.39 is 0 Å². The van der Waals surface area contributed by atoms with E-state index in [9.17, 15) is 4.79 Å². The number of aliphatic imine (C=N–C) groups is 2. The lowest BCUT2D eigenvalue weighted by molar-refractivity contribution is -0.116. The zero-order valence-corrected chi connectivity index (χ0v) is 6.76. The number of carbonyl (C=O) groups excluding carboxylic acids is 1. The molecule has 5 nitrogen and oxygen atoms in total. The third kappa shape index (κ3) is 1.94. The number of guanidine groups is 1. The molecule has 60 valence electrons. The average molecular weight is 172 g/mol. The molecule has 4 N–H and O–H groups in total. The molecule has 1 rings (SSSR count). The fraction of sp³-hybridized carbons (Fsp3) is 0.400. The lowest BCUT2D eigenvalue weighted by atomic mass is 10.5. The summed E-state index contributed by atoms with van der Waals surface area (Å²) >= 11 is 1.25. The molecular formula is C5H8N4OS. The van der Waals surface area contributed by atoms with Crippen molar-refractivity contribution < 1.29 is 4.79 Å². The van der Waals surface area contributed by atoms with Crippen LogP contribution < -0.4 is 11.5 Å². The number of hydrogen-bond donors (Lipinski definition) is 2. The van der Waals surface area contributed by atoms with Gasteiger partial charge in [-0.2, -0.15) is 9.98 Å². The van der Waals surface area contributed by atoms with Gasteiger partial charge in [-0.05, 0) is 6.92 Å².